The number of aromatic nitrogens is 3. The summed E-state index contributed by atoms with van der Waals surface area (Å²) in [4.78, 5) is 13.7. The highest BCUT2D eigenvalue weighted by Gasteiger charge is 2.47. The fraction of sp³-hybridized carbons (Fsp3) is 0. The van der Waals surface area contributed by atoms with E-state index in [1.807, 2.05) is 54.6 Å². The van der Waals surface area contributed by atoms with Gasteiger partial charge in [-0.2, -0.15) is 0 Å². The summed E-state index contributed by atoms with van der Waals surface area (Å²) in [5.74, 6) is 4.54. The smallest absolute Gasteiger partial charge is 0.270 e. The van der Waals surface area contributed by atoms with Gasteiger partial charge in [0.05, 0.1) is 17.1 Å². The van der Waals surface area contributed by atoms with Crippen LogP contribution >= 0.6 is 0 Å². The molecule has 0 saturated heterocycles. The van der Waals surface area contributed by atoms with E-state index < -0.39 is 0 Å². The third kappa shape index (κ3) is 3.09. The SMILES string of the molecule is c1ccc(-c2cc3c4c(c2)Oc2cc(-c5ccccn5)cc5c2B4c2c(cc(-c4ccccn4)cc2O5)O3)nc1. The minimum atomic E-state index is -0.0930. The summed E-state index contributed by atoms with van der Waals surface area (Å²) in [5, 5.41) is 0. The van der Waals surface area contributed by atoms with Gasteiger partial charge >= 0.3 is 0 Å². The molecule has 0 bridgehead atoms. The Hall–Kier alpha value is -5.43. The van der Waals surface area contributed by atoms with Gasteiger partial charge in [-0.15, -0.1) is 0 Å². The van der Waals surface area contributed by atoms with Crippen LogP contribution in [-0.2, 0) is 0 Å². The molecular formula is C33H18BN3O3. The third-order valence-electron chi connectivity index (χ3n) is 7.72. The van der Waals surface area contributed by atoms with E-state index >= 15 is 0 Å². The second kappa shape index (κ2) is 8.04. The van der Waals surface area contributed by atoms with Gasteiger partial charge in [0.1, 0.15) is 34.5 Å². The summed E-state index contributed by atoms with van der Waals surface area (Å²) in [5.41, 5.74) is 8.33. The van der Waals surface area contributed by atoms with Crippen molar-refractivity contribution < 1.29 is 14.2 Å². The number of hydrogen-bond acceptors (Lipinski definition) is 6. The van der Waals surface area contributed by atoms with Gasteiger partial charge in [0.2, 0.25) is 0 Å². The first-order chi connectivity index (χ1) is 19.8. The Morgan fingerprint density at radius 2 is 0.700 bits per heavy atom. The summed E-state index contributed by atoms with van der Waals surface area (Å²) in [6.45, 7) is -0.0930. The minimum absolute atomic E-state index is 0.0930. The number of hydrogen-bond donors (Lipinski definition) is 0. The summed E-state index contributed by atoms with van der Waals surface area (Å²) < 4.78 is 19.9. The van der Waals surface area contributed by atoms with Crippen LogP contribution in [0.5, 0.6) is 34.5 Å². The van der Waals surface area contributed by atoms with Crippen LogP contribution in [0.15, 0.2) is 110 Å². The maximum atomic E-state index is 6.64. The Morgan fingerprint density at radius 3 is 0.950 bits per heavy atom. The van der Waals surface area contributed by atoms with E-state index in [0.717, 1.165) is 84.7 Å². The Balaban J connectivity index is 1.32. The van der Waals surface area contributed by atoms with E-state index in [1.165, 1.54) is 0 Å². The van der Waals surface area contributed by atoms with Crippen LogP contribution in [0.2, 0.25) is 0 Å². The summed E-state index contributed by atoms with van der Waals surface area (Å²) in [6.07, 6.45) is 5.38. The maximum absolute atomic E-state index is 6.64. The van der Waals surface area contributed by atoms with Gasteiger partial charge in [0.15, 0.2) is 0 Å². The summed E-state index contributed by atoms with van der Waals surface area (Å²) >= 11 is 0. The van der Waals surface area contributed by atoms with Crippen molar-refractivity contribution in [3.8, 4) is 68.3 Å². The predicted octanol–water partition coefficient (Wildman–Crippen LogP) is 5.71. The standard InChI is InChI=1S/C33H18BN3O3/c1-4-10-35-22(7-1)19-13-25-31-26(14-19)39-28-16-21(24-9-3-6-12-37-24)18-30-33(28)34(31)32-27(38-25)15-20(17-29(32)40-30)23-8-2-5-11-36-23/h1-18H. The quantitative estimate of drug-likeness (QED) is 0.281. The molecule has 0 N–H and O–H groups in total. The van der Waals surface area contributed by atoms with Crippen LogP contribution in [-0.4, -0.2) is 21.7 Å². The Morgan fingerprint density at radius 1 is 0.400 bits per heavy atom. The Labute approximate surface area is 230 Å². The molecule has 0 atom stereocenters. The topological polar surface area (TPSA) is 66.4 Å². The molecule has 7 heteroatoms. The molecule has 9 rings (SSSR count). The van der Waals surface area contributed by atoms with Crippen LogP contribution in [0.1, 0.15) is 0 Å². The zero-order chi connectivity index (χ0) is 26.2. The molecule has 0 unspecified atom stereocenters. The molecule has 40 heavy (non-hydrogen) atoms. The first-order valence-corrected chi connectivity index (χ1v) is 13.1. The van der Waals surface area contributed by atoms with Crippen molar-refractivity contribution in [1.29, 1.82) is 0 Å². The van der Waals surface area contributed by atoms with Crippen molar-refractivity contribution >= 4 is 23.1 Å². The molecule has 0 saturated carbocycles. The van der Waals surface area contributed by atoms with E-state index in [-0.39, 0.29) is 6.71 Å². The third-order valence-corrected chi connectivity index (χ3v) is 7.72. The number of benzene rings is 3. The molecule has 186 valence electrons. The Bertz CT molecular complexity index is 1680. The molecule has 0 radical (unpaired) electrons. The average molecular weight is 515 g/mol. The predicted molar refractivity (Wildman–Crippen MR) is 154 cm³/mol. The fourth-order valence-corrected chi connectivity index (χ4v) is 6.00. The van der Waals surface area contributed by atoms with Gasteiger partial charge in [-0.3, -0.25) is 15.0 Å². The van der Waals surface area contributed by atoms with Crippen molar-refractivity contribution in [3.05, 3.63) is 110 Å². The lowest BCUT2D eigenvalue weighted by Crippen LogP contribution is -2.59. The second-order valence-electron chi connectivity index (χ2n) is 10.0. The summed E-state index contributed by atoms with van der Waals surface area (Å²) in [7, 11) is 0. The van der Waals surface area contributed by atoms with E-state index in [1.54, 1.807) is 18.6 Å². The van der Waals surface area contributed by atoms with E-state index in [0.29, 0.717) is 0 Å². The molecule has 6 nitrogen and oxygen atoms in total. The molecule has 3 aromatic heterocycles. The largest absolute Gasteiger partial charge is 0.458 e. The van der Waals surface area contributed by atoms with Gasteiger partial charge in [0, 0.05) is 51.7 Å². The van der Waals surface area contributed by atoms with Crippen LogP contribution in [0, 0.1) is 0 Å². The minimum Gasteiger partial charge on any atom is -0.458 e. The number of nitrogens with zero attached hydrogens (tertiary/aromatic N) is 3. The van der Waals surface area contributed by atoms with Gasteiger partial charge in [-0.25, -0.2) is 0 Å². The normalized spacial score (nSPS) is 13.1. The molecule has 0 aliphatic carbocycles. The highest BCUT2D eigenvalue weighted by Crippen LogP contribution is 2.45. The first-order valence-electron chi connectivity index (χ1n) is 13.1. The molecule has 0 spiro atoms. The molecule has 6 heterocycles. The highest BCUT2D eigenvalue weighted by atomic mass is 16.5. The fourth-order valence-electron chi connectivity index (χ4n) is 6.00. The Kier molecular flexibility index (Phi) is 4.32. The molecule has 0 amide bonds. The van der Waals surface area contributed by atoms with E-state index in [4.69, 9.17) is 14.2 Å². The average Bonchev–Trinajstić information content (AvgIpc) is 3.01. The van der Waals surface area contributed by atoms with Crippen molar-refractivity contribution in [2.24, 2.45) is 0 Å². The van der Waals surface area contributed by atoms with E-state index in [2.05, 4.69) is 51.4 Å². The number of ether oxygens (including phenoxy) is 3. The lowest BCUT2D eigenvalue weighted by atomic mass is 9.33. The van der Waals surface area contributed by atoms with Crippen molar-refractivity contribution in [2.45, 2.75) is 0 Å². The van der Waals surface area contributed by atoms with Gasteiger partial charge < -0.3 is 14.2 Å². The van der Waals surface area contributed by atoms with Gasteiger partial charge in [-0.1, -0.05) is 18.2 Å². The van der Waals surface area contributed by atoms with E-state index in [9.17, 15) is 0 Å². The van der Waals surface area contributed by atoms with Crippen LogP contribution < -0.4 is 30.6 Å². The second-order valence-corrected chi connectivity index (χ2v) is 10.0. The lowest BCUT2D eigenvalue weighted by molar-refractivity contribution is 0.443. The number of rotatable bonds is 3. The lowest BCUT2D eigenvalue weighted by Gasteiger charge is -2.38. The van der Waals surface area contributed by atoms with Crippen molar-refractivity contribution in [3.63, 3.8) is 0 Å². The molecule has 3 aliphatic heterocycles. The van der Waals surface area contributed by atoms with Crippen molar-refractivity contribution in [2.75, 3.05) is 0 Å². The number of pyridine rings is 3. The molecule has 0 fully saturated rings. The maximum Gasteiger partial charge on any atom is 0.270 e. The van der Waals surface area contributed by atoms with Crippen LogP contribution in [0.3, 0.4) is 0 Å². The first kappa shape index (κ1) is 21.5. The molecule has 3 aromatic carbocycles. The zero-order valence-corrected chi connectivity index (χ0v) is 21.0. The van der Waals surface area contributed by atoms with Crippen LogP contribution in [0.25, 0.3) is 33.8 Å². The molecular weight excluding hydrogens is 497 g/mol. The van der Waals surface area contributed by atoms with Crippen LogP contribution in [0.4, 0.5) is 0 Å². The van der Waals surface area contributed by atoms with Gasteiger partial charge in [0.25, 0.3) is 6.71 Å². The monoisotopic (exact) mass is 515 g/mol. The highest BCUT2D eigenvalue weighted by molar-refractivity contribution is 6.99. The molecule has 3 aliphatic rings. The zero-order valence-electron chi connectivity index (χ0n) is 21.0. The van der Waals surface area contributed by atoms with Crippen molar-refractivity contribution in [1.82, 2.24) is 15.0 Å². The summed E-state index contributed by atoms with van der Waals surface area (Å²) in [6, 6.07) is 30.0. The molecule has 6 aromatic rings. The van der Waals surface area contributed by atoms with Gasteiger partial charge in [-0.05, 0) is 72.8 Å².